The highest BCUT2D eigenvalue weighted by Crippen LogP contribution is 2.37. The molecule has 2 saturated carbocycles. The smallest absolute Gasteiger partial charge is 0.407 e. The van der Waals surface area contributed by atoms with E-state index in [0.29, 0.717) is 17.8 Å². The van der Waals surface area contributed by atoms with Gasteiger partial charge in [0.25, 0.3) is 0 Å². The highest BCUT2D eigenvalue weighted by Gasteiger charge is 2.31. The lowest BCUT2D eigenvalue weighted by Crippen LogP contribution is -2.35. The van der Waals surface area contributed by atoms with Crippen LogP contribution in [0.1, 0.15) is 67.7 Å². The van der Waals surface area contributed by atoms with Crippen molar-refractivity contribution in [3.05, 3.63) is 40.8 Å². The molecule has 172 valence electrons. The van der Waals surface area contributed by atoms with Crippen molar-refractivity contribution in [3.8, 4) is 0 Å². The largest absolute Gasteiger partial charge is 0.446 e. The van der Waals surface area contributed by atoms with Crippen LogP contribution < -0.4 is 10.6 Å². The highest BCUT2D eigenvalue weighted by atomic mass is 32.2. The molecule has 2 atom stereocenters. The van der Waals surface area contributed by atoms with Crippen LogP contribution in [0.15, 0.2) is 18.2 Å². The van der Waals surface area contributed by atoms with E-state index in [9.17, 15) is 17.6 Å². The lowest BCUT2D eigenvalue weighted by Gasteiger charge is -2.16. The molecule has 3 aliphatic rings. The van der Waals surface area contributed by atoms with Crippen LogP contribution in [0.25, 0.3) is 0 Å². The van der Waals surface area contributed by atoms with Crippen LogP contribution in [-0.2, 0) is 26.1 Å². The number of carbonyl (C=O) groups excluding carboxylic acids is 1. The first kappa shape index (κ1) is 21.2. The van der Waals surface area contributed by atoms with Crippen LogP contribution in [0.4, 0.5) is 20.7 Å². The number of alkyl carbamates (subject to hydrolysis) is 1. The number of nitrogens with one attached hydrogen (secondary N) is 3. The van der Waals surface area contributed by atoms with Crippen molar-refractivity contribution in [2.24, 2.45) is 0 Å². The van der Waals surface area contributed by atoms with Crippen LogP contribution >= 0.6 is 0 Å². The second-order valence-electron chi connectivity index (χ2n) is 9.09. The third-order valence-corrected chi connectivity index (χ3v) is 8.19. The fourth-order valence-electron chi connectivity index (χ4n) is 5.06. The van der Waals surface area contributed by atoms with Crippen molar-refractivity contribution in [2.75, 3.05) is 5.32 Å². The Morgan fingerprint density at radius 3 is 2.78 bits per heavy atom. The van der Waals surface area contributed by atoms with Gasteiger partial charge >= 0.3 is 6.09 Å². The van der Waals surface area contributed by atoms with Crippen molar-refractivity contribution < 1.29 is 22.3 Å². The Hall–Kier alpha value is -2.62. The molecular weight excluding hydrogens is 435 g/mol. The van der Waals surface area contributed by atoms with Crippen LogP contribution in [0.3, 0.4) is 0 Å². The van der Waals surface area contributed by atoms with Gasteiger partial charge in [0, 0.05) is 29.3 Å². The number of nitrogens with zero attached hydrogens (tertiary/aromatic N) is 1. The van der Waals surface area contributed by atoms with Gasteiger partial charge in [-0.3, -0.25) is 5.10 Å². The zero-order valence-electron chi connectivity index (χ0n) is 17.7. The minimum Gasteiger partial charge on any atom is -0.446 e. The Balaban J connectivity index is 1.18. The molecule has 2 fully saturated rings. The van der Waals surface area contributed by atoms with E-state index >= 15 is 0 Å². The molecule has 2 aromatic rings. The third-order valence-electron chi connectivity index (χ3n) is 6.72. The van der Waals surface area contributed by atoms with Gasteiger partial charge in [-0.2, -0.15) is 5.10 Å². The van der Waals surface area contributed by atoms with Crippen LogP contribution in [0, 0.1) is 5.82 Å². The van der Waals surface area contributed by atoms with E-state index in [0.717, 1.165) is 44.2 Å². The number of aromatic nitrogens is 2. The molecule has 1 amide bonds. The summed E-state index contributed by atoms with van der Waals surface area (Å²) in [6.45, 7) is 0. The topological polar surface area (TPSA) is 113 Å². The maximum atomic E-state index is 14.8. The van der Waals surface area contributed by atoms with Crippen molar-refractivity contribution in [1.29, 1.82) is 0 Å². The number of fused-ring (bicyclic) bond motifs is 1. The number of benzene rings is 1. The Kier molecular flexibility index (Phi) is 5.56. The van der Waals surface area contributed by atoms with Gasteiger partial charge in [0.1, 0.15) is 6.10 Å². The predicted octanol–water partition coefficient (Wildman–Crippen LogP) is 4.03. The molecule has 32 heavy (non-hydrogen) atoms. The van der Waals surface area contributed by atoms with E-state index in [-0.39, 0.29) is 46.9 Å². The minimum absolute atomic E-state index is 0.115. The molecule has 3 N–H and O–H groups in total. The standard InChI is InChI=1S/C22H27FN4O4S/c23-21-17-12-32(29,30)11-14(17)6-8-18(21)25-20-10-19(26-27-20)13-5-7-16(9-13)31-22(28)24-15-3-1-2-4-15/h6,8,10,13,15-16H,1-5,7,9,11-12H2,(H,24,28)(H2,25,26,27)/t13-,16+/m1/s1. The van der Waals surface area contributed by atoms with E-state index in [2.05, 4.69) is 20.8 Å². The summed E-state index contributed by atoms with van der Waals surface area (Å²) in [4.78, 5) is 12.1. The summed E-state index contributed by atoms with van der Waals surface area (Å²) in [5.41, 5.74) is 1.86. The molecule has 10 heteroatoms. The second kappa shape index (κ2) is 8.38. The molecule has 2 aliphatic carbocycles. The number of hydrogen-bond acceptors (Lipinski definition) is 6. The predicted molar refractivity (Wildman–Crippen MR) is 117 cm³/mol. The maximum absolute atomic E-state index is 14.8. The molecule has 8 nitrogen and oxygen atoms in total. The zero-order chi connectivity index (χ0) is 22.3. The highest BCUT2D eigenvalue weighted by molar-refractivity contribution is 7.90. The number of hydrogen-bond donors (Lipinski definition) is 3. The summed E-state index contributed by atoms with van der Waals surface area (Å²) in [6.07, 6.45) is 6.26. The molecule has 1 aromatic carbocycles. The lowest BCUT2D eigenvalue weighted by molar-refractivity contribution is 0.0971. The first-order valence-electron chi connectivity index (χ1n) is 11.2. The molecule has 5 rings (SSSR count). The quantitative estimate of drug-likeness (QED) is 0.618. The molecule has 0 unspecified atom stereocenters. The Labute approximate surface area is 186 Å². The number of amides is 1. The minimum atomic E-state index is -3.28. The summed E-state index contributed by atoms with van der Waals surface area (Å²) < 4.78 is 44.0. The number of H-pyrrole nitrogens is 1. The summed E-state index contributed by atoms with van der Waals surface area (Å²) >= 11 is 0. The van der Waals surface area contributed by atoms with E-state index < -0.39 is 15.7 Å². The fourth-order valence-corrected chi connectivity index (χ4v) is 6.65. The van der Waals surface area contributed by atoms with Gasteiger partial charge in [0.05, 0.1) is 17.2 Å². The number of carbonyl (C=O) groups is 1. The van der Waals surface area contributed by atoms with Gasteiger partial charge in [-0.25, -0.2) is 17.6 Å². The van der Waals surface area contributed by atoms with E-state index in [4.69, 9.17) is 4.74 Å². The van der Waals surface area contributed by atoms with Gasteiger partial charge in [0.2, 0.25) is 0 Å². The van der Waals surface area contributed by atoms with Gasteiger partial charge in [-0.15, -0.1) is 0 Å². The lowest BCUT2D eigenvalue weighted by atomic mass is 10.0. The zero-order valence-corrected chi connectivity index (χ0v) is 18.5. The molecular formula is C22H27FN4O4S. The van der Waals surface area contributed by atoms with E-state index in [1.165, 1.54) is 0 Å². The SMILES string of the molecule is O=C(NC1CCCC1)O[C@H]1CC[C@@H](c2cc(Nc3ccc4c(c3F)CS(=O)(=O)C4)n[nH]2)C1. The first-order valence-corrected chi connectivity index (χ1v) is 13.0. The van der Waals surface area contributed by atoms with Crippen molar-refractivity contribution in [2.45, 2.75) is 74.5 Å². The molecule has 0 saturated heterocycles. The average molecular weight is 463 g/mol. The summed E-state index contributed by atoms with van der Waals surface area (Å²) in [5.74, 6) is -0.292. The maximum Gasteiger partial charge on any atom is 0.407 e. The van der Waals surface area contributed by atoms with Gasteiger partial charge in [-0.1, -0.05) is 18.9 Å². The normalized spacial score (nSPS) is 24.4. The molecule has 2 heterocycles. The number of halogens is 1. The van der Waals surface area contributed by atoms with Gasteiger partial charge in [0.15, 0.2) is 21.5 Å². The van der Waals surface area contributed by atoms with Gasteiger partial charge < -0.3 is 15.4 Å². The average Bonchev–Trinajstić information content (AvgIpc) is 3.51. The van der Waals surface area contributed by atoms with Crippen molar-refractivity contribution in [3.63, 3.8) is 0 Å². The number of aromatic amines is 1. The summed E-state index contributed by atoms with van der Waals surface area (Å²) in [6, 6.07) is 5.26. The fraction of sp³-hybridized carbons (Fsp3) is 0.545. The van der Waals surface area contributed by atoms with E-state index in [1.807, 2.05) is 6.07 Å². The molecule has 1 aromatic heterocycles. The molecule has 1 aliphatic heterocycles. The Morgan fingerprint density at radius 1 is 1.16 bits per heavy atom. The van der Waals surface area contributed by atoms with Crippen LogP contribution in [-0.4, -0.2) is 36.9 Å². The number of ether oxygens (including phenoxy) is 1. The Bertz CT molecular complexity index is 1130. The monoisotopic (exact) mass is 462 g/mol. The van der Waals surface area contributed by atoms with E-state index in [1.54, 1.807) is 12.1 Å². The molecule has 0 radical (unpaired) electrons. The number of sulfone groups is 1. The van der Waals surface area contributed by atoms with Crippen LogP contribution in [0.5, 0.6) is 0 Å². The first-order chi connectivity index (χ1) is 15.4. The van der Waals surface area contributed by atoms with Crippen molar-refractivity contribution in [1.82, 2.24) is 15.5 Å². The second-order valence-corrected chi connectivity index (χ2v) is 11.2. The van der Waals surface area contributed by atoms with Gasteiger partial charge in [-0.05, 0) is 43.7 Å². The third kappa shape index (κ3) is 4.46. The molecule has 0 bridgehead atoms. The number of anilines is 2. The Morgan fingerprint density at radius 2 is 1.97 bits per heavy atom. The molecule has 0 spiro atoms. The number of rotatable bonds is 5. The summed E-state index contributed by atoms with van der Waals surface area (Å²) in [7, 11) is -3.28. The van der Waals surface area contributed by atoms with Crippen molar-refractivity contribution >= 4 is 27.4 Å². The summed E-state index contributed by atoms with van der Waals surface area (Å²) in [5, 5.41) is 13.1. The van der Waals surface area contributed by atoms with Crippen LogP contribution in [0.2, 0.25) is 0 Å².